The molecule has 24 heavy (non-hydrogen) atoms. The van der Waals surface area contributed by atoms with Gasteiger partial charge in [0.25, 0.3) is 5.91 Å². The first-order chi connectivity index (χ1) is 11.6. The molecule has 0 saturated carbocycles. The molecule has 0 spiro atoms. The van der Waals surface area contributed by atoms with Gasteiger partial charge in [-0.05, 0) is 42.5 Å². The standard InChI is InChI=1S/C19H13F2NO2/c20-15-11-10-13(12-16(15)21)19(23)22-17-8-4-5-9-18(17)24-14-6-2-1-3-7-14/h1-12H,(H,22,23). The number of carbonyl (C=O) groups is 1. The van der Waals surface area contributed by atoms with Crippen LogP contribution in [0.3, 0.4) is 0 Å². The summed E-state index contributed by atoms with van der Waals surface area (Å²) in [6, 6.07) is 19.0. The Bertz CT molecular complexity index is 866. The molecule has 1 amide bonds. The lowest BCUT2D eigenvalue weighted by Crippen LogP contribution is -2.13. The van der Waals surface area contributed by atoms with Crippen LogP contribution in [-0.4, -0.2) is 5.91 Å². The number of amides is 1. The maximum Gasteiger partial charge on any atom is 0.255 e. The second-order valence-corrected chi connectivity index (χ2v) is 4.99. The SMILES string of the molecule is O=C(Nc1ccccc1Oc1ccccc1)c1ccc(F)c(F)c1. The quantitative estimate of drug-likeness (QED) is 0.732. The lowest BCUT2D eigenvalue weighted by molar-refractivity contribution is 0.102. The van der Waals surface area contributed by atoms with Crippen molar-refractivity contribution in [2.24, 2.45) is 0 Å². The van der Waals surface area contributed by atoms with Gasteiger partial charge in [-0.25, -0.2) is 8.78 Å². The van der Waals surface area contributed by atoms with Crippen molar-refractivity contribution in [2.45, 2.75) is 0 Å². The summed E-state index contributed by atoms with van der Waals surface area (Å²) >= 11 is 0. The van der Waals surface area contributed by atoms with Gasteiger partial charge in [0, 0.05) is 5.56 Å². The van der Waals surface area contributed by atoms with E-state index in [0.717, 1.165) is 12.1 Å². The van der Waals surface area contributed by atoms with E-state index in [1.54, 1.807) is 36.4 Å². The minimum Gasteiger partial charge on any atom is -0.455 e. The van der Waals surface area contributed by atoms with Crippen LogP contribution in [0.25, 0.3) is 0 Å². The number of carbonyl (C=O) groups excluding carboxylic acids is 1. The highest BCUT2D eigenvalue weighted by atomic mass is 19.2. The van der Waals surface area contributed by atoms with E-state index in [9.17, 15) is 13.6 Å². The monoisotopic (exact) mass is 325 g/mol. The molecule has 0 heterocycles. The average molecular weight is 325 g/mol. The van der Waals surface area contributed by atoms with Crippen LogP contribution in [0.2, 0.25) is 0 Å². The zero-order valence-electron chi connectivity index (χ0n) is 12.5. The van der Waals surface area contributed by atoms with E-state index in [2.05, 4.69) is 5.32 Å². The summed E-state index contributed by atoms with van der Waals surface area (Å²) < 4.78 is 32.0. The highest BCUT2D eigenvalue weighted by molar-refractivity contribution is 6.05. The van der Waals surface area contributed by atoms with E-state index in [-0.39, 0.29) is 5.56 Å². The molecule has 0 unspecified atom stereocenters. The maximum atomic E-state index is 13.3. The van der Waals surface area contributed by atoms with Crippen LogP contribution < -0.4 is 10.1 Å². The summed E-state index contributed by atoms with van der Waals surface area (Å²) in [6.07, 6.45) is 0. The first-order valence-corrected chi connectivity index (χ1v) is 7.22. The van der Waals surface area contributed by atoms with Crippen molar-refractivity contribution >= 4 is 11.6 Å². The number of halogens is 2. The Balaban J connectivity index is 1.82. The van der Waals surface area contributed by atoms with Crippen molar-refractivity contribution in [3.63, 3.8) is 0 Å². The van der Waals surface area contributed by atoms with Gasteiger partial charge in [-0.1, -0.05) is 30.3 Å². The summed E-state index contributed by atoms with van der Waals surface area (Å²) in [5.74, 6) is -1.57. The Labute approximate surface area is 137 Å². The molecule has 3 aromatic carbocycles. The van der Waals surface area contributed by atoms with E-state index < -0.39 is 17.5 Å². The molecule has 1 N–H and O–H groups in total. The molecule has 3 rings (SSSR count). The molecule has 0 aliphatic heterocycles. The third-order valence-electron chi connectivity index (χ3n) is 3.29. The molecule has 0 aliphatic carbocycles. The second kappa shape index (κ2) is 6.91. The van der Waals surface area contributed by atoms with Crippen molar-refractivity contribution < 1.29 is 18.3 Å². The summed E-state index contributed by atoms with van der Waals surface area (Å²) in [7, 11) is 0. The Hall–Kier alpha value is -3.21. The molecule has 0 aliphatic rings. The molecule has 0 saturated heterocycles. The van der Waals surface area contributed by atoms with Crippen LogP contribution in [-0.2, 0) is 0 Å². The number of hydrogen-bond acceptors (Lipinski definition) is 2. The predicted octanol–water partition coefficient (Wildman–Crippen LogP) is 5.01. The van der Waals surface area contributed by atoms with E-state index in [1.165, 1.54) is 6.07 Å². The van der Waals surface area contributed by atoms with Gasteiger partial charge in [-0.3, -0.25) is 4.79 Å². The van der Waals surface area contributed by atoms with Crippen molar-refractivity contribution in [1.29, 1.82) is 0 Å². The summed E-state index contributed by atoms with van der Waals surface area (Å²) in [5.41, 5.74) is 0.444. The van der Waals surface area contributed by atoms with Crippen molar-refractivity contribution in [3.8, 4) is 11.5 Å². The number of ether oxygens (including phenoxy) is 1. The molecular formula is C19H13F2NO2. The Morgan fingerprint density at radius 1 is 0.833 bits per heavy atom. The third-order valence-corrected chi connectivity index (χ3v) is 3.29. The Morgan fingerprint density at radius 2 is 1.54 bits per heavy atom. The zero-order valence-corrected chi connectivity index (χ0v) is 12.5. The van der Waals surface area contributed by atoms with E-state index in [1.807, 2.05) is 18.2 Å². The minimum absolute atomic E-state index is 0.0171. The maximum absolute atomic E-state index is 13.3. The van der Waals surface area contributed by atoms with Crippen LogP contribution in [0, 0.1) is 11.6 Å². The third kappa shape index (κ3) is 3.57. The van der Waals surface area contributed by atoms with Gasteiger partial charge in [-0.15, -0.1) is 0 Å². The molecule has 3 nitrogen and oxygen atoms in total. The smallest absolute Gasteiger partial charge is 0.255 e. The van der Waals surface area contributed by atoms with Crippen molar-refractivity contribution in [1.82, 2.24) is 0 Å². The van der Waals surface area contributed by atoms with Gasteiger partial charge in [0.15, 0.2) is 17.4 Å². The zero-order chi connectivity index (χ0) is 16.9. The van der Waals surface area contributed by atoms with Gasteiger partial charge < -0.3 is 10.1 Å². The van der Waals surface area contributed by atoms with E-state index in [4.69, 9.17) is 4.74 Å². The highest BCUT2D eigenvalue weighted by Gasteiger charge is 2.12. The molecule has 5 heteroatoms. The van der Waals surface area contributed by atoms with Crippen molar-refractivity contribution in [2.75, 3.05) is 5.32 Å². The van der Waals surface area contributed by atoms with E-state index >= 15 is 0 Å². The van der Waals surface area contributed by atoms with Gasteiger partial charge in [-0.2, -0.15) is 0 Å². The van der Waals surface area contributed by atoms with E-state index in [0.29, 0.717) is 17.2 Å². The molecular weight excluding hydrogens is 312 g/mol. The van der Waals surface area contributed by atoms with Gasteiger partial charge in [0.1, 0.15) is 5.75 Å². The molecule has 0 bridgehead atoms. The number of rotatable bonds is 4. The summed E-state index contributed by atoms with van der Waals surface area (Å²) in [4.78, 5) is 12.2. The number of para-hydroxylation sites is 3. The second-order valence-electron chi connectivity index (χ2n) is 4.99. The number of benzene rings is 3. The van der Waals surface area contributed by atoms with Crippen LogP contribution in [0.1, 0.15) is 10.4 Å². The van der Waals surface area contributed by atoms with Gasteiger partial charge in [0.05, 0.1) is 5.69 Å². The summed E-state index contributed by atoms with van der Waals surface area (Å²) in [6.45, 7) is 0. The van der Waals surface area contributed by atoms with Gasteiger partial charge >= 0.3 is 0 Å². The first kappa shape index (κ1) is 15.7. The fourth-order valence-corrected chi connectivity index (χ4v) is 2.11. The molecule has 0 atom stereocenters. The molecule has 0 fully saturated rings. The largest absolute Gasteiger partial charge is 0.455 e. The Morgan fingerprint density at radius 3 is 2.29 bits per heavy atom. The topological polar surface area (TPSA) is 38.3 Å². The molecule has 120 valence electrons. The molecule has 3 aromatic rings. The number of hydrogen-bond donors (Lipinski definition) is 1. The molecule has 0 radical (unpaired) electrons. The van der Waals surface area contributed by atoms with Crippen LogP contribution in [0.15, 0.2) is 72.8 Å². The molecule has 0 aromatic heterocycles. The lowest BCUT2D eigenvalue weighted by atomic mass is 10.2. The van der Waals surface area contributed by atoms with Gasteiger partial charge in [0.2, 0.25) is 0 Å². The number of anilines is 1. The average Bonchev–Trinajstić information content (AvgIpc) is 2.60. The van der Waals surface area contributed by atoms with Crippen LogP contribution in [0.5, 0.6) is 11.5 Å². The fourth-order valence-electron chi connectivity index (χ4n) is 2.11. The van der Waals surface area contributed by atoms with Crippen molar-refractivity contribution in [3.05, 3.63) is 90.0 Å². The van der Waals surface area contributed by atoms with Crippen LogP contribution in [0.4, 0.5) is 14.5 Å². The van der Waals surface area contributed by atoms with Crippen LogP contribution >= 0.6 is 0 Å². The lowest BCUT2D eigenvalue weighted by Gasteiger charge is -2.12. The predicted molar refractivity (Wildman–Crippen MR) is 87.3 cm³/mol. The first-order valence-electron chi connectivity index (χ1n) is 7.22. The number of nitrogens with one attached hydrogen (secondary N) is 1. The normalized spacial score (nSPS) is 10.2. The Kier molecular flexibility index (Phi) is 4.52. The summed E-state index contributed by atoms with van der Waals surface area (Å²) in [5, 5.41) is 2.64. The fraction of sp³-hybridized carbons (Fsp3) is 0. The minimum atomic E-state index is -1.07. The highest BCUT2D eigenvalue weighted by Crippen LogP contribution is 2.29.